The average Bonchev–Trinajstić information content (AvgIpc) is 3.45. The van der Waals surface area contributed by atoms with Crippen molar-refractivity contribution >= 4 is 11.7 Å². The summed E-state index contributed by atoms with van der Waals surface area (Å²) in [5.74, 6) is -0.667. The van der Waals surface area contributed by atoms with Crippen molar-refractivity contribution in [3.05, 3.63) is 59.3 Å². The van der Waals surface area contributed by atoms with E-state index in [1.54, 1.807) is 6.07 Å². The van der Waals surface area contributed by atoms with Crippen molar-refractivity contribution in [2.24, 2.45) is 5.92 Å². The number of anilines is 1. The first-order chi connectivity index (χ1) is 13.6. The Morgan fingerprint density at radius 1 is 1.00 bits per heavy atom. The van der Waals surface area contributed by atoms with Crippen LogP contribution in [0.3, 0.4) is 0 Å². The number of carbonyl (C=O) groups is 1. The molecule has 4 nitrogen and oxygen atoms in total. The van der Waals surface area contributed by atoms with Gasteiger partial charge in [-0.05, 0) is 36.1 Å². The minimum absolute atomic E-state index is 0.202. The number of alkyl halides is 6. The van der Waals surface area contributed by atoms with Crippen LogP contribution >= 0.6 is 0 Å². The van der Waals surface area contributed by atoms with Crippen molar-refractivity contribution in [1.82, 2.24) is 10.3 Å². The molecule has 156 valence electrons. The number of halogens is 6. The van der Waals surface area contributed by atoms with Gasteiger partial charge in [-0.1, -0.05) is 18.2 Å². The molecule has 1 amide bonds. The van der Waals surface area contributed by atoms with E-state index < -0.39 is 23.5 Å². The van der Waals surface area contributed by atoms with Gasteiger partial charge in [0, 0.05) is 25.2 Å². The molecule has 1 aromatic carbocycles. The maximum atomic E-state index is 12.8. The minimum Gasteiger partial charge on any atom is -0.368 e. The molecule has 2 unspecified atom stereocenters. The van der Waals surface area contributed by atoms with Crippen molar-refractivity contribution in [1.29, 1.82) is 0 Å². The molecule has 29 heavy (non-hydrogen) atoms. The zero-order chi connectivity index (χ0) is 21.2. The number of nitrogens with zero attached hydrogens (tertiary/aromatic N) is 1. The maximum absolute atomic E-state index is 12.8. The number of hydrogen-bond acceptors (Lipinski definition) is 3. The van der Waals surface area contributed by atoms with E-state index in [1.165, 1.54) is 12.1 Å². The van der Waals surface area contributed by atoms with Gasteiger partial charge in [0.1, 0.15) is 5.82 Å². The number of hydrogen-bond donors (Lipinski definition) is 2. The van der Waals surface area contributed by atoms with Crippen LogP contribution in [-0.4, -0.2) is 24.0 Å². The summed E-state index contributed by atoms with van der Waals surface area (Å²) in [6, 6.07) is 7.04. The molecule has 0 spiro atoms. The highest BCUT2D eigenvalue weighted by atomic mass is 19.4. The van der Waals surface area contributed by atoms with E-state index in [0.29, 0.717) is 18.2 Å². The molecule has 3 rings (SSSR count). The van der Waals surface area contributed by atoms with E-state index in [0.717, 1.165) is 18.2 Å². The molecule has 0 bridgehead atoms. The number of pyridine rings is 1. The van der Waals surface area contributed by atoms with Gasteiger partial charge >= 0.3 is 12.4 Å². The van der Waals surface area contributed by atoms with E-state index >= 15 is 0 Å². The number of amides is 1. The molecule has 1 aromatic heterocycles. The number of benzene rings is 1. The predicted octanol–water partition coefficient (Wildman–Crippen LogP) is 4.45. The normalized spacial score (nSPS) is 19.0. The Hall–Kier alpha value is -2.78. The van der Waals surface area contributed by atoms with Crippen molar-refractivity contribution in [2.75, 3.05) is 18.4 Å². The second-order valence-corrected chi connectivity index (χ2v) is 6.72. The third-order valence-corrected chi connectivity index (χ3v) is 4.59. The van der Waals surface area contributed by atoms with Gasteiger partial charge in [0.25, 0.3) is 0 Å². The highest BCUT2D eigenvalue weighted by Gasteiger charge is 2.44. The zero-order valence-electron chi connectivity index (χ0n) is 14.9. The van der Waals surface area contributed by atoms with Crippen LogP contribution in [0.4, 0.5) is 32.2 Å². The second-order valence-electron chi connectivity index (χ2n) is 6.72. The standard InChI is InChI=1S/C19H17F6N3O/c20-18(21,22)12-3-1-2-11(8-12)14-9-15(14)17(29)27-7-6-26-16-5-4-13(10-28-16)19(23,24)25/h1-5,8,10,14-15H,6-7,9H2,(H,26,28)(H,27,29). The number of aromatic nitrogens is 1. The van der Waals surface area contributed by atoms with Crippen molar-refractivity contribution in [3.63, 3.8) is 0 Å². The fourth-order valence-electron chi connectivity index (χ4n) is 2.97. The van der Waals surface area contributed by atoms with Crippen LogP contribution in [0.15, 0.2) is 42.6 Å². The third kappa shape index (κ3) is 5.39. The first kappa shape index (κ1) is 20.9. The fraction of sp³-hybridized carbons (Fsp3) is 0.368. The molecule has 2 atom stereocenters. The molecule has 1 saturated carbocycles. The molecule has 2 N–H and O–H groups in total. The van der Waals surface area contributed by atoms with Crippen molar-refractivity contribution < 1.29 is 31.1 Å². The lowest BCUT2D eigenvalue weighted by molar-refractivity contribution is -0.138. The summed E-state index contributed by atoms with van der Waals surface area (Å²) in [5.41, 5.74) is -1.12. The zero-order valence-corrected chi connectivity index (χ0v) is 14.9. The van der Waals surface area contributed by atoms with Gasteiger partial charge in [0.15, 0.2) is 0 Å². The summed E-state index contributed by atoms with van der Waals surface area (Å²) in [5, 5.41) is 5.45. The van der Waals surface area contributed by atoms with Gasteiger partial charge in [-0.2, -0.15) is 26.3 Å². The van der Waals surface area contributed by atoms with E-state index in [9.17, 15) is 31.1 Å². The highest BCUT2D eigenvalue weighted by Crippen LogP contribution is 2.48. The van der Waals surface area contributed by atoms with Crippen LogP contribution in [0.2, 0.25) is 0 Å². The van der Waals surface area contributed by atoms with Crippen LogP contribution in [0.5, 0.6) is 0 Å². The average molecular weight is 417 g/mol. The van der Waals surface area contributed by atoms with Crippen molar-refractivity contribution in [2.45, 2.75) is 24.7 Å². The molecule has 10 heteroatoms. The maximum Gasteiger partial charge on any atom is 0.417 e. The number of rotatable bonds is 6. The molecular formula is C19H17F6N3O. The molecule has 1 fully saturated rings. The Morgan fingerprint density at radius 3 is 2.34 bits per heavy atom. The van der Waals surface area contributed by atoms with Crippen LogP contribution < -0.4 is 10.6 Å². The largest absolute Gasteiger partial charge is 0.417 e. The lowest BCUT2D eigenvalue weighted by Gasteiger charge is -2.10. The minimum atomic E-state index is -4.46. The van der Waals surface area contributed by atoms with Gasteiger partial charge in [-0.3, -0.25) is 4.79 Å². The molecule has 1 aliphatic carbocycles. The molecule has 1 aliphatic rings. The molecule has 2 aromatic rings. The fourth-order valence-corrected chi connectivity index (χ4v) is 2.97. The van der Waals surface area contributed by atoms with Gasteiger partial charge in [-0.25, -0.2) is 4.98 Å². The van der Waals surface area contributed by atoms with Crippen molar-refractivity contribution in [3.8, 4) is 0 Å². The number of carbonyl (C=O) groups excluding carboxylic acids is 1. The Morgan fingerprint density at radius 2 is 1.72 bits per heavy atom. The topological polar surface area (TPSA) is 54.0 Å². The third-order valence-electron chi connectivity index (χ3n) is 4.59. The number of nitrogens with one attached hydrogen (secondary N) is 2. The summed E-state index contributed by atoms with van der Waals surface area (Å²) in [6.45, 7) is 0.443. The Labute approximate surface area is 162 Å². The summed E-state index contributed by atoms with van der Waals surface area (Å²) >= 11 is 0. The van der Waals surface area contributed by atoms with E-state index in [1.807, 2.05) is 0 Å². The van der Waals surface area contributed by atoms with Gasteiger partial charge in [0.05, 0.1) is 11.1 Å². The first-order valence-electron chi connectivity index (χ1n) is 8.77. The second kappa shape index (κ2) is 7.92. The summed E-state index contributed by atoms with van der Waals surface area (Å²) in [4.78, 5) is 15.8. The lowest BCUT2D eigenvalue weighted by Crippen LogP contribution is -2.30. The van der Waals surface area contributed by atoms with Crippen LogP contribution in [0.25, 0.3) is 0 Å². The summed E-state index contributed by atoms with van der Waals surface area (Å²) in [6.07, 6.45) is -7.70. The lowest BCUT2D eigenvalue weighted by atomic mass is 10.1. The van der Waals surface area contributed by atoms with Crippen LogP contribution in [0.1, 0.15) is 29.0 Å². The Bertz CT molecular complexity index is 863. The monoisotopic (exact) mass is 417 g/mol. The van der Waals surface area contributed by atoms with Gasteiger partial charge in [-0.15, -0.1) is 0 Å². The molecule has 0 radical (unpaired) electrons. The van der Waals surface area contributed by atoms with Crippen LogP contribution in [0, 0.1) is 5.92 Å². The van der Waals surface area contributed by atoms with E-state index in [2.05, 4.69) is 15.6 Å². The van der Waals surface area contributed by atoms with E-state index in [4.69, 9.17) is 0 Å². The van der Waals surface area contributed by atoms with E-state index in [-0.39, 0.29) is 36.7 Å². The highest BCUT2D eigenvalue weighted by molar-refractivity contribution is 5.82. The van der Waals surface area contributed by atoms with Gasteiger partial charge in [0.2, 0.25) is 5.91 Å². The first-order valence-corrected chi connectivity index (χ1v) is 8.77. The van der Waals surface area contributed by atoms with Gasteiger partial charge < -0.3 is 10.6 Å². The molecule has 1 heterocycles. The van der Waals surface area contributed by atoms with Crippen LogP contribution in [-0.2, 0) is 17.1 Å². The summed E-state index contributed by atoms with van der Waals surface area (Å²) in [7, 11) is 0. The Balaban J connectivity index is 1.43. The summed E-state index contributed by atoms with van der Waals surface area (Å²) < 4.78 is 75.8. The molecule has 0 saturated heterocycles. The molecule has 0 aliphatic heterocycles. The molecular weight excluding hydrogens is 400 g/mol. The smallest absolute Gasteiger partial charge is 0.368 e. The Kier molecular flexibility index (Phi) is 5.72. The predicted molar refractivity (Wildman–Crippen MR) is 93.0 cm³/mol. The SMILES string of the molecule is O=C(NCCNc1ccc(C(F)(F)F)cn1)C1CC1c1cccc(C(F)(F)F)c1. The quantitative estimate of drug-likeness (QED) is 0.540.